The van der Waals surface area contributed by atoms with E-state index in [0.29, 0.717) is 5.75 Å². The van der Waals surface area contributed by atoms with Gasteiger partial charge in [0, 0.05) is 18.6 Å². The number of carbonyl (C=O) groups is 2. The Labute approximate surface area is 272 Å². The van der Waals surface area contributed by atoms with E-state index >= 15 is 0 Å². The van der Waals surface area contributed by atoms with Gasteiger partial charge in [-0.15, -0.1) is 0 Å². The van der Waals surface area contributed by atoms with Crippen molar-refractivity contribution < 1.29 is 32.6 Å². The zero-order valence-electron chi connectivity index (χ0n) is 26.7. The van der Waals surface area contributed by atoms with Gasteiger partial charge in [0.2, 0.25) is 5.96 Å². The smallest absolute Gasteiger partial charge is 0.408 e. The summed E-state index contributed by atoms with van der Waals surface area (Å²) in [5.41, 5.74) is 6.40. The van der Waals surface area contributed by atoms with E-state index in [4.69, 9.17) is 15.2 Å². The minimum Gasteiger partial charge on any atom is -0.497 e. The van der Waals surface area contributed by atoms with Crippen LogP contribution < -0.4 is 25.8 Å². The summed E-state index contributed by atoms with van der Waals surface area (Å²) in [6.45, 7) is 0.0513. The van der Waals surface area contributed by atoms with Crippen LogP contribution in [0.4, 0.5) is 4.79 Å². The lowest BCUT2D eigenvalue weighted by Crippen LogP contribution is -2.41. The molecule has 0 radical (unpaired) electrons. The monoisotopic (exact) mass is 659 g/mol. The number of amides is 1. The summed E-state index contributed by atoms with van der Waals surface area (Å²) in [5, 5.41) is 15.4. The van der Waals surface area contributed by atoms with E-state index in [0.717, 1.165) is 17.6 Å². The Hall–Kier alpha value is -3.84. The van der Waals surface area contributed by atoms with E-state index in [-0.39, 0.29) is 36.8 Å². The summed E-state index contributed by atoms with van der Waals surface area (Å²) in [5.74, 6) is -1.07. The number of guanidine groups is 1. The summed E-state index contributed by atoms with van der Waals surface area (Å²) in [7, 11) is -2.46. The van der Waals surface area contributed by atoms with Gasteiger partial charge in [0.1, 0.15) is 18.4 Å². The zero-order chi connectivity index (χ0) is 33.2. The predicted octanol–water partition coefficient (Wildman–Crippen LogP) is 4.69. The van der Waals surface area contributed by atoms with Gasteiger partial charge in [-0.3, -0.25) is 4.99 Å². The minimum atomic E-state index is -3.93. The minimum absolute atomic E-state index is 0.00811. The standard InChI is InChI=1S/C21H26N4O7S.C12H23N/c1-31-16-9-11-17(12-10-16)33(29,30)25-20(22)23-13-5-8-18(19(26)27)24-21(28)32-14-15-6-3-2-4-7-15;1-3-7-11(8-4-1)13-12-9-5-2-6-10-12/h2-4,6-7,9-12,18H,5,8,13-14H2,1H3,(H,24,28)(H,26,27)(H3,22,23,25);11-13H,1-10H2. The number of rotatable bonds is 13. The van der Waals surface area contributed by atoms with Crippen molar-refractivity contribution in [2.45, 2.75) is 107 Å². The molecule has 4 rings (SSSR count). The van der Waals surface area contributed by atoms with Crippen molar-refractivity contribution in [2.24, 2.45) is 10.7 Å². The molecule has 12 nitrogen and oxygen atoms in total. The fraction of sp³-hybridized carbons (Fsp3) is 0.545. The number of aliphatic carboxylic acids is 1. The third-order valence-corrected chi connectivity index (χ3v) is 9.40. The Balaban J connectivity index is 0.000000365. The van der Waals surface area contributed by atoms with Crippen molar-refractivity contribution in [1.29, 1.82) is 0 Å². The second kappa shape index (κ2) is 19.6. The zero-order valence-corrected chi connectivity index (χ0v) is 27.5. The van der Waals surface area contributed by atoms with Crippen molar-refractivity contribution in [3.63, 3.8) is 0 Å². The first kappa shape index (κ1) is 36.6. The number of ether oxygens (including phenoxy) is 2. The van der Waals surface area contributed by atoms with Crippen LogP contribution in [-0.2, 0) is 26.2 Å². The van der Waals surface area contributed by atoms with Crippen LogP contribution in [0, 0.1) is 0 Å². The molecule has 2 aliphatic carbocycles. The van der Waals surface area contributed by atoms with Gasteiger partial charge in [-0.1, -0.05) is 68.9 Å². The third-order valence-electron chi connectivity index (χ3n) is 8.03. The van der Waals surface area contributed by atoms with Crippen LogP contribution in [0.15, 0.2) is 64.5 Å². The average molecular weight is 660 g/mol. The highest BCUT2D eigenvalue weighted by molar-refractivity contribution is 7.90. The number of hydrogen-bond acceptors (Lipinski definition) is 8. The molecule has 1 atom stereocenters. The number of alkyl carbamates (subject to hydrolysis) is 1. The SMILES string of the molecule is C1CCC(NC2CCCCC2)CC1.COc1ccc(S(=O)(=O)NC(N)=NCCCC(NC(=O)OCc2ccccc2)C(=O)O)cc1. The van der Waals surface area contributed by atoms with Crippen LogP contribution in [0.2, 0.25) is 0 Å². The van der Waals surface area contributed by atoms with Crippen molar-refractivity contribution in [3.8, 4) is 5.75 Å². The Morgan fingerprint density at radius 2 is 1.52 bits per heavy atom. The molecule has 1 unspecified atom stereocenters. The van der Waals surface area contributed by atoms with E-state index in [1.807, 2.05) is 6.07 Å². The molecule has 2 fully saturated rings. The number of hydrogen-bond donors (Lipinski definition) is 5. The molecule has 6 N–H and O–H groups in total. The number of methoxy groups -OCH3 is 1. The number of sulfonamides is 1. The third kappa shape index (κ3) is 13.7. The van der Waals surface area contributed by atoms with Gasteiger partial charge < -0.3 is 30.9 Å². The second-order valence-corrected chi connectivity index (χ2v) is 13.3. The Bertz CT molecular complexity index is 1310. The molecule has 0 aliphatic heterocycles. The maximum Gasteiger partial charge on any atom is 0.408 e. The first-order valence-corrected chi connectivity index (χ1v) is 17.6. The molecule has 0 spiro atoms. The topological polar surface area (TPSA) is 181 Å². The van der Waals surface area contributed by atoms with Crippen LogP contribution in [0.25, 0.3) is 0 Å². The van der Waals surface area contributed by atoms with Gasteiger partial charge in [-0.25, -0.2) is 22.7 Å². The van der Waals surface area contributed by atoms with Gasteiger partial charge in [0.25, 0.3) is 10.0 Å². The van der Waals surface area contributed by atoms with E-state index < -0.39 is 28.1 Å². The van der Waals surface area contributed by atoms with Crippen LogP contribution in [-0.4, -0.2) is 63.3 Å². The Morgan fingerprint density at radius 1 is 0.935 bits per heavy atom. The molecule has 2 aromatic carbocycles. The van der Waals surface area contributed by atoms with Crippen molar-refractivity contribution >= 4 is 28.0 Å². The highest BCUT2D eigenvalue weighted by atomic mass is 32.2. The first-order chi connectivity index (χ1) is 22.2. The van der Waals surface area contributed by atoms with Crippen LogP contribution >= 0.6 is 0 Å². The number of nitrogens with zero attached hydrogens (tertiary/aromatic N) is 1. The van der Waals surface area contributed by atoms with Gasteiger partial charge in [-0.05, 0) is 68.4 Å². The molecule has 2 saturated carbocycles. The van der Waals surface area contributed by atoms with Gasteiger partial charge in [0.05, 0.1) is 12.0 Å². The number of aliphatic imine (C=N–C) groups is 1. The first-order valence-electron chi connectivity index (χ1n) is 16.1. The fourth-order valence-electron chi connectivity index (χ4n) is 5.51. The van der Waals surface area contributed by atoms with E-state index in [1.54, 1.807) is 24.3 Å². The molecule has 13 heteroatoms. The molecule has 1 amide bonds. The molecule has 0 bridgehead atoms. The maximum absolute atomic E-state index is 12.3. The van der Waals surface area contributed by atoms with Crippen LogP contribution in [0.3, 0.4) is 0 Å². The molecular formula is C33H49N5O7S. The molecule has 0 heterocycles. The summed E-state index contributed by atoms with van der Waals surface area (Å²) < 4.78 is 36.8. The number of nitrogens with one attached hydrogen (secondary N) is 3. The molecule has 0 aromatic heterocycles. The lowest BCUT2D eigenvalue weighted by Gasteiger charge is -2.30. The summed E-state index contributed by atoms with van der Waals surface area (Å²) in [6.07, 6.45) is 14.0. The number of carboxylic acid groups (broad SMARTS) is 1. The normalized spacial score (nSPS) is 16.8. The molecule has 2 aliphatic rings. The summed E-state index contributed by atoms with van der Waals surface area (Å²) >= 11 is 0. The Morgan fingerprint density at radius 3 is 2.07 bits per heavy atom. The number of carboxylic acids is 1. The molecule has 2 aromatic rings. The van der Waals surface area contributed by atoms with Crippen molar-refractivity contribution in [1.82, 2.24) is 15.4 Å². The van der Waals surface area contributed by atoms with E-state index in [1.165, 1.54) is 95.6 Å². The van der Waals surface area contributed by atoms with E-state index in [9.17, 15) is 23.1 Å². The highest BCUT2D eigenvalue weighted by Gasteiger charge is 2.21. The largest absolute Gasteiger partial charge is 0.497 e. The number of benzene rings is 2. The maximum atomic E-state index is 12.3. The number of carbonyl (C=O) groups excluding carboxylic acids is 1. The Kier molecular flexibility index (Phi) is 15.6. The number of nitrogens with two attached hydrogens (primary N) is 1. The molecule has 46 heavy (non-hydrogen) atoms. The summed E-state index contributed by atoms with van der Waals surface area (Å²) in [4.78, 5) is 27.1. The second-order valence-electron chi connectivity index (χ2n) is 11.6. The van der Waals surface area contributed by atoms with Gasteiger partial charge in [0.15, 0.2) is 0 Å². The van der Waals surface area contributed by atoms with Gasteiger partial charge >= 0.3 is 12.1 Å². The molecule has 0 saturated heterocycles. The quantitative estimate of drug-likeness (QED) is 0.116. The molecular weight excluding hydrogens is 610 g/mol. The van der Waals surface area contributed by atoms with E-state index in [2.05, 4.69) is 20.3 Å². The van der Waals surface area contributed by atoms with Crippen LogP contribution in [0.1, 0.15) is 82.6 Å². The fourth-order valence-corrected chi connectivity index (χ4v) is 6.47. The average Bonchev–Trinajstić information content (AvgIpc) is 3.06. The van der Waals surface area contributed by atoms with Gasteiger partial charge in [-0.2, -0.15) is 0 Å². The van der Waals surface area contributed by atoms with Crippen molar-refractivity contribution in [3.05, 3.63) is 60.2 Å². The molecule has 254 valence electrons. The predicted molar refractivity (Wildman–Crippen MR) is 177 cm³/mol. The van der Waals surface area contributed by atoms with Crippen LogP contribution in [0.5, 0.6) is 5.75 Å². The highest BCUT2D eigenvalue weighted by Crippen LogP contribution is 2.22. The van der Waals surface area contributed by atoms with Crippen molar-refractivity contribution in [2.75, 3.05) is 13.7 Å². The lowest BCUT2D eigenvalue weighted by atomic mass is 9.91. The summed E-state index contributed by atoms with van der Waals surface area (Å²) in [6, 6.07) is 15.2. The lowest BCUT2D eigenvalue weighted by molar-refractivity contribution is -0.139.